The van der Waals surface area contributed by atoms with Crippen LogP contribution < -0.4 is 0 Å². The van der Waals surface area contributed by atoms with Crippen molar-refractivity contribution in [2.45, 2.75) is 77.2 Å². The molecule has 0 aromatic rings. The molecule has 196 valence electrons. The first-order chi connectivity index (χ1) is 16.9. The van der Waals surface area contributed by atoms with Crippen LogP contribution in [0.15, 0.2) is 23.8 Å². The Labute approximate surface area is 220 Å². The quantitative estimate of drug-likeness (QED) is 0.351. The fraction of sp³-hybridized carbons (Fsp3) is 0.679. The first kappa shape index (κ1) is 27.0. The number of esters is 2. The number of fused-ring (bicyclic) bond motifs is 5. The second-order valence-electron chi connectivity index (χ2n) is 11.3. The topological polar surface area (TPSA) is 104 Å². The van der Waals surface area contributed by atoms with Crippen molar-refractivity contribution in [1.29, 1.82) is 0 Å². The third-order valence-corrected chi connectivity index (χ3v) is 10.4. The zero-order valence-electron chi connectivity index (χ0n) is 21.6. The Hall–Kier alpha value is -2.09. The maximum atomic E-state index is 14.0. The van der Waals surface area contributed by atoms with Gasteiger partial charge in [0.1, 0.15) is 5.78 Å². The van der Waals surface area contributed by atoms with Gasteiger partial charge in [-0.25, -0.2) is 0 Å². The van der Waals surface area contributed by atoms with Gasteiger partial charge in [0, 0.05) is 46.8 Å². The van der Waals surface area contributed by atoms with E-state index < -0.39 is 40.8 Å². The molecule has 0 amide bonds. The number of ether oxygens (including phenoxy) is 2. The average molecular weight is 563 g/mol. The van der Waals surface area contributed by atoms with Crippen LogP contribution in [0.25, 0.3) is 0 Å². The van der Waals surface area contributed by atoms with E-state index in [0.717, 1.165) is 5.57 Å². The van der Waals surface area contributed by atoms with E-state index in [0.29, 0.717) is 12.8 Å². The Balaban J connectivity index is 1.80. The van der Waals surface area contributed by atoms with Crippen molar-refractivity contribution in [1.82, 2.24) is 0 Å². The Morgan fingerprint density at radius 2 is 1.78 bits per heavy atom. The fourth-order valence-corrected chi connectivity index (χ4v) is 8.77. The molecular weight excluding hydrogens is 528 g/mol. The molecule has 4 rings (SSSR count). The molecule has 0 heterocycles. The molecule has 7 nitrogen and oxygen atoms in total. The lowest BCUT2D eigenvalue weighted by atomic mass is 9.46. The number of carbonyl (C=O) groups excluding carboxylic acids is 5. The molecule has 0 unspecified atom stereocenters. The van der Waals surface area contributed by atoms with Crippen molar-refractivity contribution in [2.75, 3.05) is 6.61 Å². The van der Waals surface area contributed by atoms with Gasteiger partial charge in [0.25, 0.3) is 0 Å². The summed E-state index contributed by atoms with van der Waals surface area (Å²) in [5, 5.41) is 0. The Bertz CT molecular complexity index is 1080. The highest BCUT2D eigenvalue weighted by Crippen LogP contribution is 2.69. The highest BCUT2D eigenvalue weighted by atomic mass is 79.9. The summed E-state index contributed by atoms with van der Waals surface area (Å²) >= 11 is 3.85. The standard InChI is InChI=1S/C28H35BrO7/c1-6-22(33)35-14-21(32)28(36-23(34)7-2)15(3)10-18-24-19(29)12-16-11-17(30)8-9-26(16,4)25(24)20(31)13-27(18,28)5/h8-9,11,15,18-19,24-25H,6-7,10,12-14H2,1-5H3/t15-,18+,19-,24-,25+,26+,27+,28-/m1/s1. The number of hydrogen-bond donors (Lipinski definition) is 0. The Morgan fingerprint density at radius 3 is 2.42 bits per heavy atom. The summed E-state index contributed by atoms with van der Waals surface area (Å²) in [6.45, 7) is 8.63. The number of allylic oxidation sites excluding steroid dienone is 4. The molecule has 4 aliphatic carbocycles. The van der Waals surface area contributed by atoms with Gasteiger partial charge in [-0.2, -0.15) is 0 Å². The van der Waals surface area contributed by atoms with Gasteiger partial charge in [-0.1, -0.05) is 62.2 Å². The van der Waals surface area contributed by atoms with Gasteiger partial charge < -0.3 is 9.47 Å². The van der Waals surface area contributed by atoms with Gasteiger partial charge in [0.05, 0.1) is 0 Å². The number of hydrogen-bond acceptors (Lipinski definition) is 7. The third kappa shape index (κ3) is 3.77. The van der Waals surface area contributed by atoms with Gasteiger partial charge >= 0.3 is 11.9 Å². The van der Waals surface area contributed by atoms with E-state index in [-0.39, 0.29) is 59.3 Å². The van der Waals surface area contributed by atoms with Gasteiger partial charge in [-0.3, -0.25) is 24.0 Å². The maximum absolute atomic E-state index is 14.0. The van der Waals surface area contributed by atoms with E-state index >= 15 is 0 Å². The van der Waals surface area contributed by atoms with Crippen molar-refractivity contribution in [3.63, 3.8) is 0 Å². The van der Waals surface area contributed by atoms with Crippen LogP contribution >= 0.6 is 15.9 Å². The predicted octanol–water partition coefficient (Wildman–Crippen LogP) is 4.31. The molecule has 3 saturated carbocycles. The van der Waals surface area contributed by atoms with Crippen molar-refractivity contribution >= 4 is 45.2 Å². The van der Waals surface area contributed by atoms with Crippen molar-refractivity contribution in [3.05, 3.63) is 23.8 Å². The van der Waals surface area contributed by atoms with E-state index in [4.69, 9.17) is 9.47 Å². The average Bonchev–Trinajstić information content (AvgIpc) is 3.04. The highest BCUT2D eigenvalue weighted by Gasteiger charge is 2.74. The van der Waals surface area contributed by atoms with Crippen LogP contribution in [0.3, 0.4) is 0 Å². The van der Waals surface area contributed by atoms with Crippen LogP contribution in [0.2, 0.25) is 0 Å². The summed E-state index contributed by atoms with van der Waals surface area (Å²) in [7, 11) is 0. The lowest BCUT2D eigenvalue weighted by molar-refractivity contribution is -0.197. The van der Waals surface area contributed by atoms with Crippen LogP contribution in [0.5, 0.6) is 0 Å². The number of carbonyl (C=O) groups is 5. The molecule has 4 aliphatic rings. The van der Waals surface area contributed by atoms with Crippen molar-refractivity contribution < 1.29 is 33.4 Å². The molecule has 36 heavy (non-hydrogen) atoms. The highest BCUT2D eigenvalue weighted by molar-refractivity contribution is 9.09. The lowest BCUT2D eigenvalue weighted by Gasteiger charge is -2.58. The number of alkyl halides is 1. The van der Waals surface area contributed by atoms with Gasteiger partial charge in [0.15, 0.2) is 18.0 Å². The molecule has 0 aromatic carbocycles. The molecule has 3 fully saturated rings. The minimum atomic E-state index is -1.57. The smallest absolute Gasteiger partial charge is 0.306 e. The van der Waals surface area contributed by atoms with E-state index in [1.54, 1.807) is 26.0 Å². The molecule has 0 bridgehead atoms. The molecule has 8 heteroatoms. The van der Waals surface area contributed by atoms with Crippen molar-refractivity contribution in [2.24, 2.45) is 34.5 Å². The largest absolute Gasteiger partial charge is 0.457 e. The first-order valence-corrected chi connectivity index (χ1v) is 13.8. The van der Waals surface area contributed by atoms with Crippen LogP contribution in [-0.4, -0.2) is 46.3 Å². The van der Waals surface area contributed by atoms with E-state index in [1.807, 2.05) is 26.8 Å². The summed E-state index contributed by atoms with van der Waals surface area (Å²) < 4.78 is 11.3. The summed E-state index contributed by atoms with van der Waals surface area (Å²) in [6, 6.07) is 0. The van der Waals surface area contributed by atoms with Crippen molar-refractivity contribution in [3.8, 4) is 0 Å². The number of halogens is 1. The van der Waals surface area contributed by atoms with Crippen LogP contribution in [-0.2, 0) is 33.4 Å². The summed E-state index contributed by atoms with van der Waals surface area (Å²) in [6.07, 6.45) is 6.57. The minimum absolute atomic E-state index is 0.000302. The SMILES string of the molecule is CCC(=O)OCC(=O)[C@]1(OC(=O)CC)[C@H](C)C[C@H]2[C@@H]3[C@H](Br)CC4=CC(=O)C=C[C@]4(C)[C@H]3C(=O)C[C@@]21C. The second-order valence-corrected chi connectivity index (χ2v) is 12.4. The van der Waals surface area contributed by atoms with E-state index in [9.17, 15) is 24.0 Å². The van der Waals surface area contributed by atoms with Gasteiger partial charge in [-0.05, 0) is 36.8 Å². The third-order valence-electron chi connectivity index (χ3n) is 9.42. The zero-order valence-corrected chi connectivity index (χ0v) is 23.2. The number of rotatable bonds is 6. The number of Topliss-reactive ketones (excluding diaryl/α,β-unsaturated/α-hetero) is 2. The molecule has 0 radical (unpaired) electrons. The second kappa shape index (κ2) is 9.34. The normalized spacial score (nSPS) is 41.1. The number of ketones is 3. The predicted molar refractivity (Wildman–Crippen MR) is 135 cm³/mol. The van der Waals surface area contributed by atoms with Crippen LogP contribution in [0, 0.1) is 34.5 Å². The Kier molecular flexibility index (Phi) is 6.99. The first-order valence-electron chi connectivity index (χ1n) is 12.9. The van der Waals surface area contributed by atoms with E-state index in [2.05, 4.69) is 15.9 Å². The summed E-state index contributed by atoms with van der Waals surface area (Å²) in [5.41, 5.74) is -2.14. The van der Waals surface area contributed by atoms with Crippen LogP contribution in [0.1, 0.15) is 66.7 Å². The summed E-state index contributed by atoms with van der Waals surface area (Å²) in [5.74, 6) is -2.50. The molecule has 0 aliphatic heterocycles. The zero-order chi connectivity index (χ0) is 26.6. The molecule has 0 spiro atoms. The van der Waals surface area contributed by atoms with Crippen LogP contribution in [0.4, 0.5) is 0 Å². The maximum Gasteiger partial charge on any atom is 0.306 e. The monoisotopic (exact) mass is 562 g/mol. The summed E-state index contributed by atoms with van der Waals surface area (Å²) in [4.78, 5) is 64.5. The Morgan fingerprint density at radius 1 is 1.11 bits per heavy atom. The molecular formula is C28H35BrO7. The fourth-order valence-electron chi connectivity index (χ4n) is 7.74. The molecule has 0 aromatic heterocycles. The van der Waals surface area contributed by atoms with Gasteiger partial charge in [0.2, 0.25) is 5.78 Å². The molecule has 0 saturated heterocycles. The molecule has 0 N–H and O–H groups in total. The van der Waals surface area contributed by atoms with Gasteiger partial charge in [-0.15, -0.1) is 0 Å². The van der Waals surface area contributed by atoms with E-state index in [1.165, 1.54) is 0 Å². The minimum Gasteiger partial charge on any atom is -0.457 e. The lowest BCUT2D eigenvalue weighted by Crippen LogP contribution is -2.64. The molecule has 8 atom stereocenters.